The summed E-state index contributed by atoms with van der Waals surface area (Å²) in [5, 5.41) is 0. The smallest absolute Gasteiger partial charge is 0.339 e. The Bertz CT molecular complexity index is 630. The predicted octanol–water partition coefficient (Wildman–Crippen LogP) is 4.43. The Kier molecular flexibility index (Phi) is 4.96. The molecule has 0 amide bonds. The molecule has 0 aliphatic heterocycles. The van der Waals surface area contributed by atoms with E-state index in [0.29, 0.717) is 23.8 Å². The fourth-order valence-electron chi connectivity index (χ4n) is 1.86. The number of carbonyl (C=O) groups excluding carboxylic acids is 1. The van der Waals surface area contributed by atoms with Gasteiger partial charge in [0, 0.05) is 16.7 Å². The monoisotopic (exact) mass is 349 g/mol. The minimum absolute atomic E-state index is 0.342. The highest BCUT2D eigenvalue weighted by Crippen LogP contribution is 2.28. The van der Waals surface area contributed by atoms with E-state index in [0.717, 1.165) is 15.6 Å². The SMILES string of the molecule is CCOC(=O)c1ccc(Oc2cc(C)c(Br)c(C)c2)nc1. The number of esters is 1. The molecule has 2 rings (SSSR count). The fraction of sp³-hybridized carbons (Fsp3) is 0.250. The van der Waals surface area contributed by atoms with Gasteiger partial charge in [0.25, 0.3) is 0 Å². The summed E-state index contributed by atoms with van der Waals surface area (Å²) in [5.41, 5.74) is 2.59. The zero-order valence-electron chi connectivity index (χ0n) is 12.1. The molecule has 1 aromatic heterocycles. The number of aromatic nitrogens is 1. The molecule has 0 radical (unpaired) electrons. The van der Waals surface area contributed by atoms with Crippen molar-refractivity contribution in [3.63, 3.8) is 0 Å². The molecule has 0 saturated carbocycles. The summed E-state index contributed by atoms with van der Waals surface area (Å²) >= 11 is 3.52. The van der Waals surface area contributed by atoms with Gasteiger partial charge in [-0.15, -0.1) is 0 Å². The van der Waals surface area contributed by atoms with Crippen LogP contribution in [0.3, 0.4) is 0 Å². The molecule has 0 aliphatic rings. The number of aryl methyl sites for hydroxylation is 2. The van der Waals surface area contributed by atoms with Crippen molar-refractivity contribution in [2.75, 3.05) is 6.61 Å². The lowest BCUT2D eigenvalue weighted by Crippen LogP contribution is -2.04. The number of rotatable bonds is 4. The zero-order valence-corrected chi connectivity index (χ0v) is 13.7. The Morgan fingerprint density at radius 2 is 1.90 bits per heavy atom. The molecule has 1 aromatic carbocycles. The normalized spacial score (nSPS) is 10.3. The van der Waals surface area contributed by atoms with Gasteiger partial charge in [0.15, 0.2) is 0 Å². The van der Waals surface area contributed by atoms with Crippen LogP contribution >= 0.6 is 15.9 Å². The predicted molar refractivity (Wildman–Crippen MR) is 83.9 cm³/mol. The maximum absolute atomic E-state index is 11.5. The van der Waals surface area contributed by atoms with E-state index in [1.165, 1.54) is 6.20 Å². The van der Waals surface area contributed by atoms with Crippen molar-refractivity contribution in [1.29, 1.82) is 0 Å². The third kappa shape index (κ3) is 3.82. The second kappa shape index (κ2) is 6.72. The molecule has 110 valence electrons. The molecule has 0 unspecified atom stereocenters. The van der Waals surface area contributed by atoms with Crippen LogP contribution in [-0.2, 0) is 4.74 Å². The van der Waals surface area contributed by atoms with Crippen LogP contribution < -0.4 is 4.74 Å². The van der Waals surface area contributed by atoms with Crippen LogP contribution in [0.2, 0.25) is 0 Å². The van der Waals surface area contributed by atoms with Crippen LogP contribution in [0.5, 0.6) is 11.6 Å². The van der Waals surface area contributed by atoms with E-state index in [1.54, 1.807) is 19.1 Å². The second-order valence-corrected chi connectivity index (χ2v) is 5.37. The van der Waals surface area contributed by atoms with Crippen molar-refractivity contribution >= 4 is 21.9 Å². The number of pyridine rings is 1. The van der Waals surface area contributed by atoms with Crippen LogP contribution in [0.4, 0.5) is 0 Å². The molecular formula is C16H16BrNO3. The van der Waals surface area contributed by atoms with Gasteiger partial charge in [0.05, 0.1) is 12.2 Å². The summed E-state index contributed by atoms with van der Waals surface area (Å²) < 4.78 is 11.7. The van der Waals surface area contributed by atoms with Crippen molar-refractivity contribution in [3.8, 4) is 11.6 Å². The maximum atomic E-state index is 11.5. The van der Waals surface area contributed by atoms with E-state index >= 15 is 0 Å². The molecule has 4 nitrogen and oxygen atoms in total. The molecular weight excluding hydrogens is 334 g/mol. The number of hydrogen-bond acceptors (Lipinski definition) is 4. The van der Waals surface area contributed by atoms with Crippen molar-refractivity contribution < 1.29 is 14.3 Å². The highest BCUT2D eigenvalue weighted by molar-refractivity contribution is 9.10. The number of hydrogen-bond donors (Lipinski definition) is 0. The van der Waals surface area contributed by atoms with Crippen LogP contribution in [0.25, 0.3) is 0 Å². The van der Waals surface area contributed by atoms with Gasteiger partial charge >= 0.3 is 5.97 Å². The average molecular weight is 350 g/mol. The van der Waals surface area contributed by atoms with Gasteiger partial charge in [0.2, 0.25) is 5.88 Å². The van der Waals surface area contributed by atoms with E-state index in [2.05, 4.69) is 20.9 Å². The molecule has 0 spiro atoms. The van der Waals surface area contributed by atoms with E-state index in [9.17, 15) is 4.79 Å². The van der Waals surface area contributed by atoms with Gasteiger partial charge in [-0.2, -0.15) is 0 Å². The maximum Gasteiger partial charge on any atom is 0.339 e. The number of benzene rings is 1. The van der Waals surface area contributed by atoms with Crippen LogP contribution in [0.15, 0.2) is 34.9 Å². The first kappa shape index (κ1) is 15.5. The molecule has 0 N–H and O–H groups in total. The van der Waals surface area contributed by atoms with E-state index in [-0.39, 0.29) is 5.97 Å². The summed E-state index contributed by atoms with van der Waals surface area (Å²) in [6.45, 7) is 6.11. The van der Waals surface area contributed by atoms with E-state index in [1.807, 2.05) is 26.0 Å². The average Bonchev–Trinajstić information content (AvgIpc) is 2.45. The van der Waals surface area contributed by atoms with Crippen LogP contribution in [0, 0.1) is 13.8 Å². The lowest BCUT2D eigenvalue weighted by atomic mass is 10.1. The standard InChI is InChI=1S/C16H16BrNO3/c1-4-20-16(19)12-5-6-14(18-9-12)21-13-7-10(2)15(17)11(3)8-13/h5-9H,4H2,1-3H3. The first-order valence-corrected chi connectivity index (χ1v) is 7.38. The van der Waals surface area contributed by atoms with Crippen molar-refractivity contribution in [1.82, 2.24) is 4.98 Å². The zero-order chi connectivity index (χ0) is 15.4. The minimum atomic E-state index is -0.383. The third-order valence-corrected chi connectivity index (χ3v) is 4.13. The van der Waals surface area contributed by atoms with Crippen LogP contribution in [-0.4, -0.2) is 17.6 Å². The molecule has 21 heavy (non-hydrogen) atoms. The van der Waals surface area contributed by atoms with Crippen molar-refractivity contribution in [2.45, 2.75) is 20.8 Å². The molecule has 2 aromatic rings. The third-order valence-electron chi connectivity index (χ3n) is 2.88. The molecule has 0 fully saturated rings. The Morgan fingerprint density at radius 1 is 1.24 bits per heavy atom. The molecule has 0 saturated heterocycles. The highest BCUT2D eigenvalue weighted by Gasteiger charge is 2.08. The van der Waals surface area contributed by atoms with Gasteiger partial charge in [0.1, 0.15) is 5.75 Å². The molecule has 0 bridgehead atoms. The summed E-state index contributed by atoms with van der Waals surface area (Å²) in [6, 6.07) is 7.15. The Balaban J connectivity index is 2.15. The number of nitrogens with zero attached hydrogens (tertiary/aromatic N) is 1. The topological polar surface area (TPSA) is 48.4 Å². The Morgan fingerprint density at radius 3 is 2.43 bits per heavy atom. The Hall–Kier alpha value is -1.88. The summed E-state index contributed by atoms with van der Waals surface area (Å²) in [4.78, 5) is 15.7. The number of halogens is 1. The molecule has 0 atom stereocenters. The fourth-order valence-corrected chi connectivity index (χ4v) is 2.09. The minimum Gasteiger partial charge on any atom is -0.462 e. The number of ether oxygens (including phenoxy) is 2. The van der Waals surface area contributed by atoms with Gasteiger partial charge < -0.3 is 9.47 Å². The molecule has 1 heterocycles. The summed E-state index contributed by atoms with van der Waals surface area (Å²) in [6.07, 6.45) is 1.45. The quantitative estimate of drug-likeness (QED) is 0.766. The van der Waals surface area contributed by atoms with Crippen LogP contribution in [0.1, 0.15) is 28.4 Å². The molecule has 5 heteroatoms. The van der Waals surface area contributed by atoms with Crippen molar-refractivity contribution in [3.05, 3.63) is 51.6 Å². The van der Waals surface area contributed by atoms with Gasteiger partial charge in [-0.25, -0.2) is 9.78 Å². The lowest BCUT2D eigenvalue weighted by Gasteiger charge is -2.09. The van der Waals surface area contributed by atoms with E-state index in [4.69, 9.17) is 9.47 Å². The number of carbonyl (C=O) groups is 1. The van der Waals surface area contributed by atoms with Gasteiger partial charge in [-0.1, -0.05) is 15.9 Å². The lowest BCUT2D eigenvalue weighted by molar-refractivity contribution is 0.0526. The summed E-state index contributed by atoms with van der Waals surface area (Å²) in [5.74, 6) is 0.764. The largest absolute Gasteiger partial charge is 0.462 e. The Labute approximate surface area is 132 Å². The first-order chi connectivity index (χ1) is 10.0. The van der Waals surface area contributed by atoms with Crippen molar-refractivity contribution in [2.24, 2.45) is 0 Å². The van der Waals surface area contributed by atoms with E-state index < -0.39 is 0 Å². The first-order valence-electron chi connectivity index (χ1n) is 6.59. The molecule has 0 aliphatic carbocycles. The van der Waals surface area contributed by atoms with Gasteiger partial charge in [-0.05, 0) is 50.1 Å². The second-order valence-electron chi connectivity index (χ2n) is 4.58. The summed E-state index contributed by atoms with van der Waals surface area (Å²) in [7, 11) is 0. The highest BCUT2D eigenvalue weighted by atomic mass is 79.9. The van der Waals surface area contributed by atoms with Gasteiger partial charge in [-0.3, -0.25) is 0 Å².